The minimum atomic E-state index is 0.623. The van der Waals surface area contributed by atoms with Gasteiger partial charge in [0, 0.05) is 6.21 Å². The largest absolute Gasteiger partial charge is 0.255 e. The summed E-state index contributed by atoms with van der Waals surface area (Å²) in [6, 6.07) is 16.7. The van der Waals surface area contributed by atoms with Gasteiger partial charge in [-0.15, -0.1) is 0 Å². The summed E-state index contributed by atoms with van der Waals surface area (Å²) in [5, 5.41) is 9.29. The zero-order chi connectivity index (χ0) is 12.1. The van der Waals surface area contributed by atoms with Crippen LogP contribution in [0.3, 0.4) is 0 Å². The molecule has 2 aromatic rings. The molecule has 0 aliphatic carbocycles. The molecule has 0 radical (unpaired) electrons. The van der Waals surface area contributed by atoms with Crippen molar-refractivity contribution in [3.8, 4) is 6.07 Å². The quantitative estimate of drug-likeness (QED) is 0.732. The minimum Gasteiger partial charge on any atom is -0.255 e. The van der Waals surface area contributed by atoms with Crippen molar-refractivity contribution in [2.24, 2.45) is 4.99 Å². The van der Waals surface area contributed by atoms with E-state index < -0.39 is 0 Å². The minimum absolute atomic E-state index is 0.623. The Morgan fingerprint density at radius 2 is 1.76 bits per heavy atom. The molecule has 0 heterocycles. The van der Waals surface area contributed by atoms with Gasteiger partial charge in [-0.3, -0.25) is 4.99 Å². The molecule has 0 saturated carbocycles. The molecule has 3 heteroatoms. The Kier molecular flexibility index (Phi) is 3.54. The molecule has 2 aromatic carbocycles. The highest BCUT2D eigenvalue weighted by atomic mass is 35.5. The van der Waals surface area contributed by atoms with E-state index >= 15 is 0 Å². The van der Waals surface area contributed by atoms with E-state index in [2.05, 4.69) is 11.1 Å². The lowest BCUT2D eigenvalue weighted by atomic mass is 10.2. The van der Waals surface area contributed by atoms with E-state index in [9.17, 15) is 0 Å². The number of nitriles is 1. The predicted molar refractivity (Wildman–Crippen MR) is 69.9 cm³/mol. The van der Waals surface area contributed by atoms with Crippen LogP contribution in [-0.2, 0) is 0 Å². The SMILES string of the molecule is N#Cc1ccc(C=Nc2ccccc2Cl)cc1. The number of para-hydroxylation sites is 1. The summed E-state index contributed by atoms with van der Waals surface area (Å²) >= 11 is 5.98. The molecule has 0 aromatic heterocycles. The molecule has 0 saturated heterocycles. The van der Waals surface area contributed by atoms with E-state index in [0.717, 1.165) is 11.3 Å². The summed E-state index contributed by atoms with van der Waals surface area (Å²) in [5.74, 6) is 0. The standard InChI is InChI=1S/C14H9ClN2/c15-13-3-1-2-4-14(13)17-10-12-7-5-11(9-16)6-8-12/h1-8,10H. The Morgan fingerprint density at radius 1 is 1.06 bits per heavy atom. The third kappa shape index (κ3) is 2.93. The first-order chi connectivity index (χ1) is 8.29. The van der Waals surface area contributed by atoms with Crippen LogP contribution in [0.1, 0.15) is 11.1 Å². The molecule has 0 bridgehead atoms. The van der Waals surface area contributed by atoms with Gasteiger partial charge in [-0.1, -0.05) is 35.9 Å². The van der Waals surface area contributed by atoms with Crippen molar-refractivity contribution in [2.45, 2.75) is 0 Å². The third-order valence-corrected chi connectivity index (χ3v) is 2.56. The second-order valence-electron chi connectivity index (χ2n) is 3.44. The zero-order valence-electron chi connectivity index (χ0n) is 8.97. The van der Waals surface area contributed by atoms with Gasteiger partial charge in [-0.25, -0.2) is 0 Å². The van der Waals surface area contributed by atoms with Crippen LogP contribution in [0.5, 0.6) is 0 Å². The molecule has 0 spiro atoms. The lowest BCUT2D eigenvalue weighted by Gasteiger charge is -1.96. The maximum absolute atomic E-state index is 8.67. The smallest absolute Gasteiger partial charge is 0.0991 e. The molecule has 2 nitrogen and oxygen atoms in total. The highest BCUT2D eigenvalue weighted by Gasteiger charge is 1.95. The fourth-order valence-electron chi connectivity index (χ4n) is 1.34. The van der Waals surface area contributed by atoms with Gasteiger partial charge in [0.25, 0.3) is 0 Å². The van der Waals surface area contributed by atoms with Gasteiger partial charge >= 0.3 is 0 Å². The van der Waals surface area contributed by atoms with Crippen LogP contribution in [0, 0.1) is 11.3 Å². The Hall–Kier alpha value is -2.11. The summed E-state index contributed by atoms with van der Waals surface area (Å²) in [7, 11) is 0. The van der Waals surface area contributed by atoms with Crippen LogP contribution in [0.2, 0.25) is 5.02 Å². The van der Waals surface area contributed by atoms with Crippen molar-refractivity contribution in [2.75, 3.05) is 0 Å². The van der Waals surface area contributed by atoms with Gasteiger partial charge in [0.05, 0.1) is 22.3 Å². The van der Waals surface area contributed by atoms with Gasteiger partial charge in [-0.05, 0) is 29.8 Å². The first-order valence-corrected chi connectivity index (χ1v) is 5.46. The van der Waals surface area contributed by atoms with Crippen LogP contribution in [0.25, 0.3) is 0 Å². The molecule has 0 unspecified atom stereocenters. The topological polar surface area (TPSA) is 36.1 Å². The van der Waals surface area contributed by atoms with Gasteiger partial charge in [-0.2, -0.15) is 5.26 Å². The fourth-order valence-corrected chi connectivity index (χ4v) is 1.53. The van der Waals surface area contributed by atoms with E-state index in [1.165, 1.54) is 0 Å². The molecule has 0 atom stereocenters. The second-order valence-corrected chi connectivity index (χ2v) is 3.85. The molecule has 82 valence electrons. The van der Waals surface area contributed by atoms with Crippen molar-refractivity contribution in [1.29, 1.82) is 5.26 Å². The summed E-state index contributed by atoms with van der Waals surface area (Å²) in [5.41, 5.74) is 2.31. The molecular formula is C14H9ClN2. The first kappa shape index (κ1) is 11.4. The van der Waals surface area contributed by atoms with E-state index in [0.29, 0.717) is 10.6 Å². The molecule has 2 rings (SSSR count). The van der Waals surface area contributed by atoms with Gasteiger partial charge < -0.3 is 0 Å². The Labute approximate surface area is 105 Å². The summed E-state index contributed by atoms with van der Waals surface area (Å²) in [4.78, 5) is 4.29. The van der Waals surface area contributed by atoms with Gasteiger partial charge in [0.2, 0.25) is 0 Å². The molecule has 17 heavy (non-hydrogen) atoms. The summed E-state index contributed by atoms with van der Waals surface area (Å²) in [6.45, 7) is 0. The number of hydrogen-bond acceptors (Lipinski definition) is 2. The Bertz CT molecular complexity index is 580. The lowest BCUT2D eigenvalue weighted by molar-refractivity contribution is 1.48. The van der Waals surface area contributed by atoms with Crippen molar-refractivity contribution < 1.29 is 0 Å². The molecule has 0 aliphatic rings. The van der Waals surface area contributed by atoms with Crippen molar-refractivity contribution in [3.63, 3.8) is 0 Å². The maximum atomic E-state index is 8.67. The normalized spacial score (nSPS) is 10.4. The third-order valence-electron chi connectivity index (χ3n) is 2.24. The van der Waals surface area contributed by atoms with E-state index in [1.807, 2.05) is 30.3 Å². The Balaban J connectivity index is 2.21. The van der Waals surface area contributed by atoms with Gasteiger partial charge in [0.1, 0.15) is 0 Å². The number of halogens is 1. The second kappa shape index (κ2) is 5.29. The number of nitrogens with zero attached hydrogens (tertiary/aromatic N) is 2. The van der Waals surface area contributed by atoms with E-state index in [1.54, 1.807) is 24.4 Å². The van der Waals surface area contributed by atoms with Crippen LogP contribution < -0.4 is 0 Å². The lowest BCUT2D eigenvalue weighted by Crippen LogP contribution is -1.81. The molecule has 0 amide bonds. The number of rotatable bonds is 2. The first-order valence-electron chi connectivity index (χ1n) is 5.08. The monoisotopic (exact) mass is 240 g/mol. The summed E-state index contributed by atoms with van der Waals surface area (Å²) in [6.07, 6.45) is 1.72. The van der Waals surface area contributed by atoms with Crippen LogP contribution in [0.15, 0.2) is 53.5 Å². The average molecular weight is 241 g/mol. The van der Waals surface area contributed by atoms with Crippen molar-refractivity contribution in [1.82, 2.24) is 0 Å². The number of hydrogen-bond donors (Lipinski definition) is 0. The van der Waals surface area contributed by atoms with E-state index in [-0.39, 0.29) is 0 Å². The number of aliphatic imine (C=N–C) groups is 1. The maximum Gasteiger partial charge on any atom is 0.0991 e. The average Bonchev–Trinajstić information content (AvgIpc) is 2.38. The highest BCUT2D eigenvalue weighted by molar-refractivity contribution is 6.33. The molecule has 0 aliphatic heterocycles. The highest BCUT2D eigenvalue weighted by Crippen LogP contribution is 2.23. The summed E-state index contributed by atoms with van der Waals surface area (Å²) < 4.78 is 0. The fraction of sp³-hybridized carbons (Fsp3) is 0. The van der Waals surface area contributed by atoms with Crippen LogP contribution >= 0.6 is 11.6 Å². The van der Waals surface area contributed by atoms with Gasteiger partial charge in [0.15, 0.2) is 0 Å². The number of benzene rings is 2. The zero-order valence-corrected chi connectivity index (χ0v) is 9.72. The molecule has 0 N–H and O–H groups in total. The molecule has 0 fully saturated rings. The van der Waals surface area contributed by atoms with Crippen LogP contribution in [-0.4, -0.2) is 6.21 Å². The van der Waals surface area contributed by atoms with E-state index in [4.69, 9.17) is 16.9 Å². The van der Waals surface area contributed by atoms with Crippen molar-refractivity contribution >= 4 is 23.5 Å². The van der Waals surface area contributed by atoms with Crippen LogP contribution in [0.4, 0.5) is 5.69 Å². The molecular weight excluding hydrogens is 232 g/mol. The predicted octanol–water partition coefficient (Wildman–Crippen LogP) is 3.96. The Morgan fingerprint density at radius 3 is 2.41 bits per heavy atom. The van der Waals surface area contributed by atoms with Crippen molar-refractivity contribution in [3.05, 3.63) is 64.7 Å².